The van der Waals surface area contributed by atoms with E-state index in [0.717, 1.165) is 26.2 Å². The molecule has 1 heterocycles. The minimum atomic E-state index is -1.04. The molecular weight excluding hydrogens is 262 g/mol. The maximum absolute atomic E-state index is 12.2. The van der Waals surface area contributed by atoms with Crippen molar-refractivity contribution in [1.82, 2.24) is 15.1 Å². The molecule has 0 aromatic rings. The lowest BCUT2D eigenvalue weighted by atomic mass is 9.99. The topological polar surface area (TPSA) is 93.1 Å². The van der Waals surface area contributed by atoms with E-state index < -0.39 is 17.6 Å². The lowest BCUT2D eigenvalue weighted by Gasteiger charge is -2.43. The average molecular weight is 287 g/mol. The molecule has 116 valence electrons. The summed E-state index contributed by atoms with van der Waals surface area (Å²) in [4.78, 5) is 27.2. The fourth-order valence-electron chi connectivity index (χ4n) is 2.25. The maximum Gasteiger partial charge on any atom is 0.325 e. The maximum atomic E-state index is 12.2. The van der Waals surface area contributed by atoms with Crippen molar-refractivity contribution in [3.8, 4) is 0 Å². The standard InChI is InChI=1S/C13H25N3O4/c1-10(11(18)19)14-12(20)13(2,3)16-6-4-15(5-7-16)8-9-17/h10,17H,4-9H2,1-3H3,(H,14,20)(H,18,19). The summed E-state index contributed by atoms with van der Waals surface area (Å²) in [5, 5.41) is 20.3. The third-order valence-corrected chi connectivity index (χ3v) is 3.85. The van der Waals surface area contributed by atoms with Gasteiger partial charge in [0.2, 0.25) is 5.91 Å². The molecule has 0 saturated carbocycles. The molecule has 1 unspecified atom stereocenters. The average Bonchev–Trinajstić information content (AvgIpc) is 2.39. The highest BCUT2D eigenvalue weighted by Crippen LogP contribution is 2.17. The minimum absolute atomic E-state index is 0.139. The Morgan fingerprint density at radius 2 is 1.80 bits per heavy atom. The summed E-state index contributed by atoms with van der Waals surface area (Å²) < 4.78 is 0. The van der Waals surface area contributed by atoms with Gasteiger partial charge in [-0.2, -0.15) is 0 Å². The molecule has 1 atom stereocenters. The number of aliphatic hydroxyl groups is 1. The first-order valence-corrected chi connectivity index (χ1v) is 6.91. The Balaban J connectivity index is 2.56. The molecule has 0 aromatic carbocycles. The first kappa shape index (κ1) is 16.9. The molecule has 1 saturated heterocycles. The Bertz CT molecular complexity index is 352. The van der Waals surface area contributed by atoms with E-state index in [2.05, 4.69) is 10.2 Å². The van der Waals surface area contributed by atoms with E-state index in [1.165, 1.54) is 6.92 Å². The van der Waals surface area contributed by atoms with Gasteiger partial charge in [0.05, 0.1) is 12.1 Å². The van der Waals surface area contributed by atoms with Gasteiger partial charge in [-0.25, -0.2) is 0 Å². The van der Waals surface area contributed by atoms with Crippen molar-refractivity contribution in [3.05, 3.63) is 0 Å². The molecule has 0 aliphatic carbocycles. The predicted octanol–water partition coefficient (Wildman–Crippen LogP) is -1.04. The SMILES string of the molecule is CC(NC(=O)C(C)(C)N1CCN(CCO)CC1)C(=O)O. The lowest BCUT2D eigenvalue weighted by molar-refractivity contribution is -0.144. The van der Waals surface area contributed by atoms with E-state index in [4.69, 9.17) is 10.2 Å². The number of nitrogens with zero attached hydrogens (tertiary/aromatic N) is 2. The largest absolute Gasteiger partial charge is 0.480 e. The molecular formula is C13H25N3O4. The number of carboxylic acid groups (broad SMARTS) is 1. The van der Waals surface area contributed by atoms with Crippen molar-refractivity contribution in [2.45, 2.75) is 32.4 Å². The Morgan fingerprint density at radius 3 is 2.25 bits per heavy atom. The van der Waals surface area contributed by atoms with Crippen LogP contribution in [0.25, 0.3) is 0 Å². The van der Waals surface area contributed by atoms with Crippen LogP contribution < -0.4 is 5.32 Å². The quantitative estimate of drug-likeness (QED) is 0.578. The first-order chi connectivity index (χ1) is 9.28. The van der Waals surface area contributed by atoms with Gasteiger partial charge in [-0.1, -0.05) is 0 Å². The summed E-state index contributed by atoms with van der Waals surface area (Å²) in [7, 11) is 0. The van der Waals surface area contributed by atoms with Crippen LogP contribution in [0.2, 0.25) is 0 Å². The Labute approximate surface area is 119 Å². The number of carboxylic acids is 1. The number of rotatable bonds is 6. The molecule has 0 radical (unpaired) electrons. The van der Waals surface area contributed by atoms with Gasteiger partial charge >= 0.3 is 5.97 Å². The number of carbonyl (C=O) groups excluding carboxylic acids is 1. The van der Waals surface area contributed by atoms with Crippen molar-refractivity contribution < 1.29 is 19.8 Å². The molecule has 7 nitrogen and oxygen atoms in total. The smallest absolute Gasteiger partial charge is 0.325 e. The van der Waals surface area contributed by atoms with E-state index in [1.807, 2.05) is 4.90 Å². The third kappa shape index (κ3) is 4.16. The highest BCUT2D eigenvalue weighted by molar-refractivity contribution is 5.89. The number of aliphatic carboxylic acids is 1. The number of hydrogen-bond donors (Lipinski definition) is 3. The highest BCUT2D eigenvalue weighted by atomic mass is 16.4. The zero-order valence-corrected chi connectivity index (χ0v) is 12.4. The highest BCUT2D eigenvalue weighted by Gasteiger charge is 2.37. The van der Waals surface area contributed by atoms with E-state index >= 15 is 0 Å². The van der Waals surface area contributed by atoms with Crippen LogP contribution in [0.4, 0.5) is 0 Å². The van der Waals surface area contributed by atoms with E-state index in [1.54, 1.807) is 13.8 Å². The Hall–Kier alpha value is -1.18. The van der Waals surface area contributed by atoms with Crippen molar-refractivity contribution in [2.75, 3.05) is 39.3 Å². The van der Waals surface area contributed by atoms with Crippen molar-refractivity contribution >= 4 is 11.9 Å². The van der Waals surface area contributed by atoms with Crippen LogP contribution in [-0.2, 0) is 9.59 Å². The van der Waals surface area contributed by atoms with Crippen LogP contribution in [0.5, 0.6) is 0 Å². The second-order valence-electron chi connectivity index (χ2n) is 5.64. The van der Waals surface area contributed by atoms with Gasteiger partial charge in [0.25, 0.3) is 0 Å². The number of hydrogen-bond acceptors (Lipinski definition) is 5. The zero-order valence-electron chi connectivity index (χ0n) is 12.4. The van der Waals surface area contributed by atoms with Gasteiger partial charge in [0, 0.05) is 32.7 Å². The summed E-state index contributed by atoms with van der Waals surface area (Å²) >= 11 is 0. The zero-order chi connectivity index (χ0) is 15.3. The third-order valence-electron chi connectivity index (χ3n) is 3.85. The Kier molecular flexibility index (Phi) is 5.91. The van der Waals surface area contributed by atoms with E-state index in [0.29, 0.717) is 6.54 Å². The molecule has 3 N–H and O–H groups in total. The van der Waals surface area contributed by atoms with Crippen molar-refractivity contribution in [1.29, 1.82) is 0 Å². The summed E-state index contributed by atoms with van der Waals surface area (Å²) in [6, 6.07) is -0.891. The molecule has 1 aliphatic heterocycles. The van der Waals surface area contributed by atoms with Crippen LogP contribution in [0.3, 0.4) is 0 Å². The monoisotopic (exact) mass is 287 g/mol. The number of amides is 1. The van der Waals surface area contributed by atoms with Crippen LogP contribution in [0.1, 0.15) is 20.8 Å². The van der Waals surface area contributed by atoms with Gasteiger partial charge in [0.1, 0.15) is 6.04 Å². The molecule has 0 bridgehead atoms. The van der Waals surface area contributed by atoms with E-state index in [-0.39, 0.29) is 12.5 Å². The molecule has 7 heteroatoms. The van der Waals surface area contributed by atoms with Gasteiger partial charge in [-0.15, -0.1) is 0 Å². The van der Waals surface area contributed by atoms with Gasteiger partial charge < -0.3 is 15.5 Å². The van der Waals surface area contributed by atoms with Crippen LogP contribution in [0, 0.1) is 0 Å². The fraction of sp³-hybridized carbons (Fsp3) is 0.846. The van der Waals surface area contributed by atoms with Gasteiger partial charge in [-0.05, 0) is 20.8 Å². The van der Waals surface area contributed by atoms with E-state index in [9.17, 15) is 9.59 Å². The molecule has 1 aliphatic rings. The lowest BCUT2D eigenvalue weighted by Crippen LogP contribution is -2.62. The molecule has 0 aromatic heterocycles. The normalized spacial score (nSPS) is 19.6. The molecule has 1 fully saturated rings. The Morgan fingerprint density at radius 1 is 1.25 bits per heavy atom. The van der Waals surface area contributed by atoms with Crippen LogP contribution in [0.15, 0.2) is 0 Å². The van der Waals surface area contributed by atoms with Crippen LogP contribution in [-0.4, -0.2) is 82.8 Å². The molecule has 1 rings (SSSR count). The number of piperazine rings is 1. The molecule has 0 spiro atoms. The molecule has 1 amide bonds. The van der Waals surface area contributed by atoms with Crippen molar-refractivity contribution in [3.63, 3.8) is 0 Å². The number of carbonyl (C=O) groups is 2. The minimum Gasteiger partial charge on any atom is -0.480 e. The van der Waals surface area contributed by atoms with Crippen molar-refractivity contribution in [2.24, 2.45) is 0 Å². The fourth-order valence-corrected chi connectivity index (χ4v) is 2.25. The van der Waals surface area contributed by atoms with Gasteiger partial charge in [0.15, 0.2) is 0 Å². The van der Waals surface area contributed by atoms with Gasteiger partial charge in [-0.3, -0.25) is 19.4 Å². The molecule has 20 heavy (non-hydrogen) atoms. The second-order valence-corrected chi connectivity index (χ2v) is 5.64. The predicted molar refractivity (Wildman–Crippen MR) is 74.4 cm³/mol. The number of β-amino-alcohol motifs (C(OH)–C–C–N with tert-alkyl or cyclic N) is 1. The first-order valence-electron chi connectivity index (χ1n) is 6.91. The number of nitrogens with one attached hydrogen (secondary N) is 1. The second kappa shape index (κ2) is 7.01. The summed E-state index contributed by atoms with van der Waals surface area (Å²) in [6.07, 6.45) is 0. The van der Waals surface area contributed by atoms with Crippen LogP contribution >= 0.6 is 0 Å². The summed E-state index contributed by atoms with van der Waals surface area (Å²) in [5.41, 5.74) is -0.741. The summed E-state index contributed by atoms with van der Waals surface area (Å²) in [5.74, 6) is -1.31. The summed E-state index contributed by atoms with van der Waals surface area (Å²) in [6.45, 7) is 8.89. The number of aliphatic hydroxyl groups excluding tert-OH is 1.